The van der Waals surface area contributed by atoms with Gasteiger partial charge in [-0.25, -0.2) is 13.6 Å². The van der Waals surface area contributed by atoms with Crippen molar-refractivity contribution in [2.45, 2.75) is 80.2 Å². The first-order valence-corrected chi connectivity index (χ1v) is 15.4. The predicted molar refractivity (Wildman–Crippen MR) is 177 cm³/mol. The Morgan fingerprint density at radius 2 is 1.49 bits per heavy atom. The van der Waals surface area contributed by atoms with E-state index in [0.29, 0.717) is 22.2 Å². The third-order valence-electron chi connectivity index (χ3n) is 7.06. The maximum Gasteiger partial charge on any atom is 0.326 e. The largest absolute Gasteiger partial charge is 0.480 e. The van der Waals surface area contributed by atoms with Crippen LogP contribution in [0.1, 0.15) is 80.9 Å². The number of hydrogen-bond acceptors (Lipinski definition) is 5. The molecule has 45 heavy (non-hydrogen) atoms. The third kappa shape index (κ3) is 11.5. The van der Waals surface area contributed by atoms with Crippen LogP contribution in [-0.4, -0.2) is 36.5 Å². The first-order chi connectivity index (χ1) is 21.2. The van der Waals surface area contributed by atoms with E-state index < -0.39 is 29.6 Å². The maximum atomic E-state index is 13.9. The van der Waals surface area contributed by atoms with Gasteiger partial charge in [-0.2, -0.15) is 0 Å². The fourth-order valence-corrected chi connectivity index (χ4v) is 4.73. The molecule has 4 rings (SSSR count). The molecule has 1 saturated carbocycles. The van der Waals surface area contributed by atoms with E-state index in [-0.39, 0.29) is 25.4 Å². The molecule has 9 heteroatoms. The average molecular weight is 624 g/mol. The van der Waals surface area contributed by atoms with Gasteiger partial charge in [-0.05, 0) is 103 Å². The monoisotopic (exact) mass is 623 g/mol. The molecule has 0 bridgehead atoms. The first kappa shape index (κ1) is 35.5. The molecule has 0 unspecified atom stereocenters. The normalized spacial score (nSPS) is 13.4. The van der Waals surface area contributed by atoms with Crippen LogP contribution in [-0.2, 0) is 16.0 Å². The number of carbonyl (C=O) groups is 2. The van der Waals surface area contributed by atoms with Crippen molar-refractivity contribution in [2.24, 2.45) is 11.3 Å². The Balaban J connectivity index is 0.00000102. The Bertz CT molecular complexity index is 1450. The average Bonchev–Trinajstić information content (AvgIpc) is 3.77. The van der Waals surface area contributed by atoms with Crippen LogP contribution >= 0.6 is 0 Å². The highest BCUT2D eigenvalue weighted by atomic mass is 19.2. The highest BCUT2D eigenvalue weighted by molar-refractivity contribution is 6.02. The summed E-state index contributed by atoms with van der Waals surface area (Å²) in [6, 6.07) is 11.6. The van der Waals surface area contributed by atoms with Gasteiger partial charge in [0.15, 0.2) is 11.6 Å². The molecular weight excluding hydrogens is 576 g/mol. The molecule has 0 radical (unpaired) electrons. The van der Waals surface area contributed by atoms with E-state index in [4.69, 9.17) is 4.74 Å². The lowest BCUT2D eigenvalue weighted by Crippen LogP contribution is -2.40. The summed E-state index contributed by atoms with van der Waals surface area (Å²) in [5, 5.41) is 18.2. The van der Waals surface area contributed by atoms with Crippen molar-refractivity contribution in [3.8, 4) is 11.1 Å². The summed E-state index contributed by atoms with van der Waals surface area (Å²) in [6.07, 6.45) is 3.95. The van der Waals surface area contributed by atoms with Crippen molar-refractivity contribution >= 4 is 23.3 Å². The van der Waals surface area contributed by atoms with Gasteiger partial charge in [0.05, 0.1) is 5.56 Å². The highest BCUT2D eigenvalue weighted by Crippen LogP contribution is 2.34. The Labute approximate surface area is 265 Å². The summed E-state index contributed by atoms with van der Waals surface area (Å²) in [6.45, 7) is 14.8. The van der Waals surface area contributed by atoms with Crippen LogP contribution in [0.15, 0.2) is 48.5 Å². The van der Waals surface area contributed by atoms with E-state index in [2.05, 4.69) is 69.6 Å². The summed E-state index contributed by atoms with van der Waals surface area (Å²) in [5.74, 6) is -2.84. The van der Waals surface area contributed by atoms with E-state index in [1.165, 1.54) is 30.5 Å². The van der Waals surface area contributed by atoms with Crippen LogP contribution in [0.4, 0.5) is 20.2 Å². The molecule has 0 spiro atoms. The second-order valence-electron chi connectivity index (χ2n) is 13.3. The molecule has 0 saturated heterocycles. The first-order valence-electron chi connectivity index (χ1n) is 15.4. The Morgan fingerprint density at radius 1 is 0.911 bits per heavy atom. The number of aliphatic carboxylic acids is 1. The number of ether oxygens (including phenoxy) is 1. The number of anilines is 2. The van der Waals surface area contributed by atoms with E-state index in [0.717, 1.165) is 41.3 Å². The number of nitrogens with one attached hydrogen (secondary N) is 3. The van der Waals surface area contributed by atoms with Crippen molar-refractivity contribution in [3.63, 3.8) is 0 Å². The summed E-state index contributed by atoms with van der Waals surface area (Å²) in [4.78, 5) is 24.4. The number of rotatable bonds is 13. The van der Waals surface area contributed by atoms with E-state index in [1.807, 2.05) is 0 Å². The molecule has 1 amide bonds. The minimum absolute atomic E-state index is 0.0303. The second kappa shape index (κ2) is 15.8. The Kier molecular flexibility index (Phi) is 12.5. The lowest BCUT2D eigenvalue weighted by Gasteiger charge is -2.18. The molecule has 244 valence electrons. The summed E-state index contributed by atoms with van der Waals surface area (Å²) in [7, 11) is 0. The molecule has 3 aromatic carbocycles. The molecule has 7 nitrogen and oxygen atoms in total. The highest BCUT2D eigenvalue weighted by Gasteiger charge is 2.22. The standard InChI is InChI=1S/C31H35F2N3O4.C5H12/c1-4-27(31(38)39)36-30(37)24-9-7-23(22-8-10-25(32)26(33)14-22)15-28(24)34-16-40-17-35-29-18(2)11-21(12-19(29)3)13-20-5-6-20;1-5(2,3)4/h7-12,14-15,20,27,34-35H,4-6,13,16-17H2,1-3H3,(H,36,37)(H,38,39);1-4H3/t27-;/m0./s1. The number of carboxylic acid groups (broad SMARTS) is 1. The number of carboxylic acids is 1. The molecule has 0 aliphatic heterocycles. The number of hydrogen-bond donors (Lipinski definition) is 4. The number of halogens is 2. The van der Waals surface area contributed by atoms with Crippen molar-refractivity contribution in [2.75, 3.05) is 24.1 Å². The molecule has 1 aliphatic carbocycles. The molecule has 1 fully saturated rings. The molecule has 0 heterocycles. The van der Waals surface area contributed by atoms with Crippen molar-refractivity contribution in [1.29, 1.82) is 0 Å². The molecule has 4 N–H and O–H groups in total. The van der Waals surface area contributed by atoms with Crippen LogP contribution in [0.25, 0.3) is 11.1 Å². The third-order valence-corrected chi connectivity index (χ3v) is 7.06. The van der Waals surface area contributed by atoms with Gasteiger partial charge in [0.1, 0.15) is 19.5 Å². The van der Waals surface area contributed by atoms with Crippen molar-refractivity contribution in [1.82, 2.24) is 5.32 Å². The van der Waals surface area contributed by atoms with Gasteiger partial charge in [-0.3, -0.25) is 4.79 Å². The zero-order valence-corrected chi connectivity index (χ0v) is 27.4. The topological polar surface area (TPSA) is 99.7 Å². The van der Waals surface area contributed by atoms with Gasteiger partial charge >= 0.3 is 5.97 Å². The van der Waals surface area contributed by atoms with Crippen molar-refractivity contribution in [3.05, 3.63) is 82.4 Å². The number of benzene rings is 3. The summed E-state index contributed by atoms with van der Waals surface area (Å²) >= 11 is 0. The van der Waals surface area contributed by atoms with Crippen LogP contribution in [0.2, 0.25) is 0 Å². The SMILES string of the molecule is CC(C)(C)C.CC[C@H](NC(=O)c1ccc(-c2ccc(F)c(F)c2)cc1NCOCNc1c(C)cc(CC2CC2)cc1C)C(=O)O. The lowest BCUT2D eigenvalue weighted by atomic mass is 10.0. The van der Waals surface area contributed by atoms with Crippen LogP contribution < -0.4 is 16.0 Å². The number of carbonyl (C=O) groups excluding carboxylic acids is 1. The van der Waals surface area contributed by atoms with Gasteiger partial charge in [0, 0.05) is 11.4 Å². The Hall–Kier alpha value is -3.98. The van der Waals surface area contributed by atoms with Gasteiger partial charge in [-0.1, -0.05) is 58.9 Å². The summed E-state index contributed by atoms with van der Waals surface area (Å²) in [5.41, 5.74) is 6.68. The van der Waals surface area contributed by atoms with E-state index in [1.54, 1.807) is 19.1 Å². The second-order valence-corrected chi connectivity index (χ2v) is 13.3. The van der Waals surface area contributed by atoms with Gasteiger partial charge in [-0.15, -0.1) is 0 Å². The number of amides is 1. The lowest BCUT2D eigenvalue weighted by molar-refractivity contribution is -0.139. The zero-order chi connectivity index (χ0) is 33.3. The van der Waals surface area contributed by atoms with E-state index in [9.17, 15) is 23.5 Å². The molecular formula is C36H47F2N3O4. The molecule has 0 aromatic heterocycles. The molecule has 3 aromatic rings. The Morgan fingerprint density at radius 3 is 2.04 bits per heavy atom. The predicted octanol–water partition coefficient (Wildman–Crippen LogP) is 8.30. The zero-order valence-electron chi connectivity index (χ0n) is 27.4. The van der Waals surface area contributed by atoms with Crippen LogP contribution in [0, 0.1) is 36.8 Å². The van der Waals surface area contributed by atoms with Gasteiger partial charge in [0.2, 0.25) is 0 Å². The number of aryl methyl sites for hydroxylation is 2. The maximum absolute atomic E-state index is 13.9. The fourth-order valence-electron chi connectivity index (χ4n) is 4.73. The fraction of sp³-hybridized carbons (Fsp3) is 0.444. The smallest absolute Gasteiger partial charge is 0.326 e. The van der Waals surface area contributed by atoms with E-state index >= 15 is 0 Å². The van der Waals surface area contributed by atoms with Crippen LogP contribution in [0.5, 0.6) is 0 Å². The van der Waals surface area contributed by atoms with Gasteiger partial charge in [0.25, 0.3) is 5.91 Å². The minimum atomic E-state index is -1.13. The van der Waals surface area contributed by atoms with Gasteiger partial charge < -0.3 is 25.8 Å². The van der Waals surface area contributed by atoms with Crippen LogP contribution in [0.3, 0.4) is 0 Å². The quantitative estimate of drug-likeness (QED) is 0.113. The minimum Gasteiger partial charge on any atom is -0.480 e. The molecule has 1 atom stereocenters. The molecule has 1 aliphatic rings. The summed E-state index contributed by atoms with van der Waals surface area (Å²) < 4.78 is 33.1. The van der Waals surface area contributed by atoms with Crippen molar-refractivity contribution < 1.29 is 28.2 Å².